The summed E-state index contributed by atoms with van der Waals surface area (Å²) in [4.78, 5) is 0. The van der Waals surface area contributed by atoms with E-state index in [9.17, 15) is 0 Å². The molecule has 100 valence electrons. The lowest BCUT2D eigenvalue weighted by atomic mass is 10.5. The molecule has 0 amide bonds. The fourth-order valence-electron chi connectivity index (χ4n) is 1.21. The molecular weight excluding hydrogens is 247 g/mol. The van der Waals surface area contributed by atoms with Crippen molar-refractivity contribution in [3.63, 3.8) is 0 Å². The predicted octanol–water partition coefficient (Wildman–Crippen LogP) is 2.55. The number of hydrogen-bond acceptors (Lipinski definition) is 4. The quantitative estimate of drug-likeness (QED) is 0.501. The summed E-state index contributed by atoms with van der Waals surface area (Å²) in [5.41, 5.74) is 0. The van der Waals surface area contributed by atoms with Gasteiger partial charge in [-0.15, -0.1) is 12.4 Å². The average molecular weight is 273 g/mol. The Hall–Kier alpha value is 0.560. The standard InChI is InChI=1S/C10H25N2O2P.ClH/c1-7-11(8-2)15-12(9(3)13-5)10(4)14-6;/h9-10,15H,7-8H2,1-6H3;1H. The van der Waals surface area contributed by atoms with Gasteiger partial charge in [-0.3, -0.25) is 4.67 Å². The number of ether oxygens (including phenoxy) is 2. The van der Waals surface area contributed by atoms with E-state index in [0.717, 1.165) is 13.1 Å². The van der Waals surface area contributed by atoms with E-state index in [1.54, 1.807) is 14.2 Å². The van der Waals surface area contributed by atoms with Crippen LogP contribution < -0.4 is 0 Å². The van der Waals surface area contributed by atoms with Gasteiger partial charge in [-0.25, -0.2) is 4.67 Å². The second kappa shape index (κ2) is 10.7. The molecular formula is C10H26ClN2O2P. The Labute approximate surface area is 108 Å². The molecule has 0 rings (SSSR count). The van der Waals surface area contributed by atoms with Crippen molar-refractivity contribution in [1.29, 1.82) is 0 Å². The van der Waals surface area contributed by atoms with Gasteiger partial charge in [0.05, 0.1) is 0 Å². The molecule has 16 heavy (non-hydrogen) atoms. The third-order valence-corrected chi connectivity index (χ3v) is 4.36. The highest BCUT2D eigenvalue weighted by molar-refractivity contribution is 7.32. The molecule has 0 aromatic carbocycles. The Morgan fingerprint density at radius 1 is 1.00 bits per heavy atom. The second-order valence-electron chi connectivity index (χ2n) is 3.35. The maximum atomic E-state index is 5.35. The Kier molecular flexibility index (Phi) is 12.6. The lowest BCUT2D eigenvalue weighted by Gasteiger charge is -2.35. The topological polar surface area (TPSA) is 24.9 Å². The maximum absolute atomic E-state index is 5.35. The lowest BCUT2D eigenvalue weighted by Crippen LogP contribution is -2.38. The van der Waals surface area contributed by atoms with E-state index < -0.39 is 0 Å². The van der Waals surface area contributed by atoms with E-state index in [2.05, 4.69) is 23.2 Å². The molecule has 0 N–H and O–H groups in total. The zero-order chi connectivity index (χ0) is 11.8. The van der Waals surface area contributed by atoms with Crippen LogP contribution in [0.25, 0.3) is 0 Å². The van der Waals surface area contributed by atoms with Crippen LogP contribution in [-0.4, -0.2) is 49.1 Å². The summed E-state index contributed by atoms with van der Waals surface area (Å²) in [5, 5.41) is 0. The molecule has 0 aliphatic heterocycles. The van der Waals surface area contributed by atoms with Gasteiger partial charge in [0.2, 0.25) is 0 Å². The highest BCUT2D eigenvalue weighted by atomic mass is 35.5. The monoisotopic (exact) mass is 272 g/mol. The van der Waals surface area contributed by atoms with Crippen LogP contribution in [0.4, 0.5) is 0 Å². The molecule has 0 spiro atoms. The number of hydrogen-bond donors (Lipinski definition) is 0. The molecule has 3 unspecified atom stereocenters. The normalized spacial score (nSPS) is 15.8. The van der Waals surface area contributed by atoms with Crippen molar-refractivity contribution in [3.05, 3.63) is 0 Å². The molecule has 0 aliphatic carbocycles. The maximum Gasteiger partial charge on any atom is 0.113 e. The number of nitrogens with zero attached hydrogens (tertiary/aromatic N) is 2. The van der Waals surface area contributed by atoms with Gasteiger partial charge in [-0.05, 0) is 13.8 Å². The van der Waals surface area contributed by atoms with Gasteiger partial charge in [-0.2, -0.15) is 0 Å². The molecule has 0 saturated heterocycles. The van der Waals surface area contributed by atoms with Gasteiger partial charge >= 0.3 is 0 Å². The molecule has 0 bridgehead atoms. The highest BCUT2D eigenvalue weighted by Gasteiger charge is 2.21. The van der Waals surface area contributed by atoms with Crippen LogP contribution >= 0.6 is 21.3 Å². The molecule has 0 aromatic heterocycles. The number of methoxy groups -OCH3 is 2. The van der Waals surface area contributed by atoms with Crippen LogP contribution in [0.3, 0.4) is 0 Å². The van der Waals surface area contributed by atoms with Crippen LogP contribution in [0.2, 0.25) is 0 Å². The van der Waals surface area contributed by atoms with E-state index in [-0.39, 0.29) is 24.9 Å². The van der Waals surface area contributed by atoms with E-state index in [1.165, 1.54) is 0 Å². The van der Waals surface area contributed by atoms with Crippen LogP contribution in [0.5, 0.6) is 0 Å². The lowest BCUT2D eigenvalue weighted by molar-refractivity contribution is -0.0641. The molecule has 0 aromatic rings. The SMILES string of the molecule is CCN(CC)PN(C(C)OC)C(C)OC.Cl. The summed E-state index contributed by atoms with van der Waals surface area (Å²) in [6.07, 6.45) is 0.165. The molecule has 0 saturated carbocycles. The van der Waals surface area contributed by atoms with Crippen LogP contribution in [0.15, 0.2) is 0 Å². The Morgan fingerprint density at radius 3 is 1.62 bits per heavy atom. The average Bonchev–Trinajstić information content (AvgIpc) is 2.29. The summed E-state index contributed by atoms with van der Waals surface area (Å²) in [6, 6.07) is 0. The van der Waals surface area contributed by atoms with Gasteiger partial charge in [0.1, 0.15) is 12.5 Å². The van der Waals surface area contributed by atoms with Crippen molar-refractivity contribution in [2.24, 2.45) is 0 Å². The zero-order valence-electron chi connectivity index (χ0n) is 11.2. The van der Waals surface area contributed by atoms with Crippen molar-refractivity contribution >= 4 is 21.3 Å². The smallest absolute Gasteiger partial charge is 0.113 e. The summed E-state index contributed by atoms with van der Waals surface area (Å²) in [5.74, 6) is 0. The first-order valence-electron chi connectivity index (χ1n) is 5.45. The van der Waals surface area contributed by atoms with Crippen molar-refractivity contribution < 1.29 is 9.47 Å². The first-order valence-corrected chi connectivity index (χ1v) is 6.35. The largest absolute Gasteiger partial charge is 0.366 e. The summed E-state index contributed by atoms with van der Waals surface area (Å²) in [6.45, 7) is 10.5. The van der Waals surface area contributed by atoms with Crippen molar-refractivity contribution in [3.8, 4) is 0 Å². The predicted molar refractivity (Wildman–Crippen MR) is 73.3 cm³/mol. The Morgan fingerprint density at radius 2 is 1.38 bits per heavy atom. The number of halogens is 1. The van der Waals surface area contributed by atoms with Gasteiger partial charge < -0.3 is 9.47 Å². The van der Waals surface area contributed by atoms with Gasteiger partial charge in [0, 0.05) is 36.2 Å². The van der Waals surface area contributed by atoms with Crippen molar-refractivity contribution in [2.75, 3.05) is 27.3 Å². The minimum atomic E-state index is 0. The minimum Gasteiger partial charge on any atom is -0.366 e. The second-order valence-corrected chi connectivity index (χ2v) is 4.70. The minimum absolute atomic E-state index is 0. The van der Waals surface area contributed by atoms with E-state index in [0.29, 0.717) is 8.88 Å². The van der Waals surface area contributed by atoms with Crippen LogP contribution in [-0.2, 0) is 9.47 Å². The van der Waals surface area contributed by atoms with Gasteiger partial charge in [0.25, 0.3) is 0 Å². The zero-order valence-corrected chi connectivity index (χ0v) is 13.0. The Bertz CT molecular complexity index is 152. The third kappa shape index (κ3) is 6.33. The summed E-state index contributed by atoms with van der Waals surface area (Å²) in [7, 11) is 4.06. The van der Waals surface area contributed by atoms with E-state index in [1.807, 2.05) is 13.8 Å². The first kappa shape index (κ1) is 18.9. The fraction of sp³-hybridized carbons (Fsp3) is 1.00. The van der Waals surface area contributed by atoms with E-state index >= 15 is 0 Å². The van der Waals surface area contributed by atoms with Crippen molar-refractivity contribution in [1.82, 2.24) is 9.34 Å². The molecule has 0 aliphatic rings. The molecule has 6 heteroatoms. The fourth-order valence-corrected chi connectivity index (χ4v) is 2.36. The summed E-state index contributed by atoms with van der Waals surface area (Å²) < 4.78 is 15.3. The van der Waals surface area contributed by atoms with Crippen LogP contribution in [0.1, 0.15) is 27.7 Å². The highest BCUT2D eigenvalue weighted by Crippen LogP contribution is 2.28. The summed E-state index contributed by atoms with van der Waals surface area (Å²) >= 11 is 0. The van der Waals surface area contributed by atoms with Crippen molar-refractivity contribution in [2.45, 2.75) is 40.2 Å². The van der Waals surface area contributed by atoms with E-state index in [4.69, 9.17) is 9.47 Å². The molecule has 4 nitrogen and oxygen atoms in total. The molecule has 3 atom stereocenters. The van der Waals surface area contributed by atoms with Gasteiger partial charge in [0.15, 0.2) is 0 Å². The van der Waals surface area contributed by atoms with Crippen LogP contribution in [0, 0.1) is 0 Å². The molecule has 0 heterocycles. The number of rotatable bonds is 8. The molecule has 0 fully saturated rings. The third-order valence-electron chi connectivity index (χ3n) is 2.49. The molecule has 0 radical (unpaired) electrons. The first-order chi connectivity index (χ1) is 7.10. The van der Waals surface area contributed by atoms with Gasteiger partial charge in [-0.1, -0.05) is 13.8 Å². The Balaban J connectivity index is 0.